The van der Waals surface area contributed by atoms with Gasteiger partial charge in [0.2, 0.25) is 0 Å². The third-order valence-electron chi connectivity index (χ3n) is 5.39. The van der Waals surface area contributed by atoms with Gasteiger partial charge in [-0.1, -0.05) is 18.9 Å². The molecule has 1 unspecified atom stereocenters. The quantitative estimate of drug-likeness (QED) is 0.844. The average Bonchev–Trinajstić information content (AvgIpc) is 2.85. The van der Waals surface area contributed by atoms with Crippen LogP contribution in [0.5, 0.6) is 11.5 Å². The topological polar surface area (TPSA) is 21.7 Å². The number of fused-ring (bicyclic) bond motifs is 1. The van der Waals surface area contributed by atoms with Gasteiger partial charge >= 0.3 is 6.61 Å². The van der Waals surface area contributed by atoms with Crippen molar-refractivity contribution in [1.29, 1.82) is 0 Å². The van der Waals surface area contributed by atoms with Gasteiger partial charge in [-0.15, -0.1) is 0 Å². The van der Waals surface area contributed by atoms with Crippen LogP contribution in [0.4, 0.5) is 8.78 Å². The minimum absolute atomic E-state index is 0.0690. The molecule has 1 saturated carbocycles. The van der Waals surface area contributed by atoms with Gasteiger partial charge in [0.15, 0.2) is 11.5 Å². The Labute approximate surface area is 130 Å². The molecule has 2 aliphatic rings. The molecule has 1 heterocycles. The standard InChI is InChI=1S/C17H23F2NO2/c1-20-10-9-17(8-4-3-5-15(17)20)12-6-7-13(21-2)14(11-12)22-16(18)19/h6-7,11,15-16H,3-5,8-10H2,1-2H3/t15?,17-/m0/s1. The first-order chi connectivity index (χ1) is 10.6. The lowest BCUT2D eigenvalue weighted by Gasteiger charge is -2.42. The number of methoxy groups -OCH3 is 1. The Bertz CT molecular complexity index is 533. The van der Waals surface area contributed by atoms with Crippen molar-refractivity contribution in [1.82, 2.24) is 4.90 Å². The van der Waals surface area contributed by atoms with Gasteiger partial charge in [-0.05, 0) is 50.6 Å². The summed E-state index contributed by atoms with van der Waals surface area (Å²) in [5, 5.41) is 0. The fourth-order valence-corrected chi connectivity index (χ4v) is 4.34. The van der Waals surface area contributed by atoms with Crippen molar-refractivity contribution in [2.75, 3.05) is 20.7 Å². The normalized spacial score (nSPS) is 28.7. The van der Waals surface area contributed by atoms with Crippen LogP contribution in [0.1, 0.15) is 37.7 Å². The van der Waals surface area contributed by atoms with Gasteiger partial charge in [-0.3, -0.25) is 0 Å². The number of rotatable bonds is 4. The third kappa shape index (κ3) is 2.56. The first-order valence-corrected chi connectivity index (χ1v) is 7.90. The second-order valence-electron chi connectivity index (χ2n) is 6.39. The van der Waals surface area contributed by atoms with Gasteiger partial charge in [0.25, 0.3) is 0 Å². The Kier molecular flexibility index (Phi) is 4.26. The van der Waals surface area contributed by atoms with Crippen molar-refractivity contribution in [2.45, 2.75) is 50.2 Å². The first-order valence-electron chi connectivity index (χ1n) is 7.90. The second-order valence-corrected chi connectivity index (χ2v) is 6.39. The Morgan fingerprint density at radius 1 is 1.23 bits per heavy atom. The number of hydrogen-bond donors (Lipinski definition) is 0. The zero-order valence-electron chi connectivity index (χ0n) is 13.1. The maximum Gasteiger partial charge on any atom is 0.387 e. The van der Waals surface area contributed by atoms with E-state index in [1.165, 1.54) is 26.4 Å². The van der Waals surface area contributed by atoms with E-state index in [4.69, 9.17) is 4.74 Å². The summed E-state index contributed by atoms with van der Waals surface area (Å²) in [7, 11) is 3.64. The van der Waals surface area contributed by atoms with E-state index in [0.29, 0.717) is 11.8 Å². The molecule has 0 N–H and O–H groups in total. The van der Waals surface area contributed by atoms with Crippen molar-refractivity contribution < 1.29 is 18.3 Å². The predicted octanol–water partition coefficient (Wildman–Crippen LogP) is 3.81. The molecule has 0 amide bonds. The van der Waals surface area contributed by atoms with Gasteiger partial charge in [-0.25, -0.2) is 0 Å². The summed E-state index contributed by atoms with van der Waals surface area (Å²) < 4.78 is 35.1. The lowest BCUT2D eigenvalue weighted by molar-refractivity contribution is -0.0513. The van der Waals surface area contributed by atoms with Crippen molar-refractivity contribution >= 4 is 0 Å². The number of alkyl halides is 2. The van der Waals surface area contributed by atoms with E-state index in [2.05, 4.69) is 16.7 Å². The molecule has 2 atom stereocenters. The Balaban J connectivity index is 1.99. The van der Waals surface area contributed by atoms with E-state index in [1.54, 1.807) is 12.1 Å². The van der Waals surface area contributed by atoms with Crippen LogP contribution in [-0.4, -0.2) is 38.3 Å². The van der Waals surface area contributed by atoms with Crippen LogP contribution in [0.3, 0.4) is 0 Å². The summed E-state index contributed by atoms with van der Waals surface area (Å²) in [5.41, 5.74) is 1.18. The van der Waals surface area contributed by atoms with Gasteiger partial charge in [0.1, 0.15) is 0 Å². The number of ether oxygens (including phenoxy) is 2. The molecule has 0 aromatic heterocycles. The molecule has 2 fully saturated rings. The van der Waals surface area contributed by atoms with Crippen molar-refractivity contribution in [2.24, 2.45) is 0 Å². The lowest BCUT2D eigenvalue weighted by Crippen LogP contribution is -2.43. The minimum atomic E-state index is -2.84. The molecule has 122 valence electrons. The highest BCUT2D eigenvalue weighted by atomic mass is 19.3. The molecule has 3 rings (SSSR count). The fraction of sp³-hybridized carbons (Fsp3) is 0.647. The molecule has 5 heteroatoms. The molecule has 0 spiro atoms. The minimum Gasteiger partial charge on any atom is -0.493 e. The van der Waals surface area contributed by atoms with Gasteiger partial charge in [0, 0.05) is 11.5 Å². The number of nitrogens with zero attached hydrogens (tertiary/aromatic N) is 1. The zero-order valence-corrected chi connectivity index (χ0v) is 13.1. The molecular weight excluding hydrogens is 288 g/mol. The van der Waals surface area contributed by atoms with Crippen molar-refractivity contribution in [3.63, 3.8) is 0 Å². The van der Waals surface area contributed by atoms with Crippen molar-refractivity contribution in [3.8, 4) is 11.5 Å². The van der Waals surface area contributed by atoms with E-state index in [-0.39, 0.29) is 11.2 Å². The monoisotopic (exact) mass is 311 g/mol. The molecule has 1 aromatic rings. The molecule has 0 bridgehead atoms. The Hall–Kier alpha value is -1.36. The van der Waals surface area contributed by atoms with Crippen LogP contribution in [0, 0.1) is 0 Å². The summed E-state index contributed by atoms with van der Waals surface area (Å²) in [6, 6.07) is 6.04. The molecule has 1 aliphatic heterocycles. The Morgan fingerprint density at radius 3 is 2.77 bits per heavy atom. The van der Waals surface area contributed by atoms with E-state index >= 15 is 0 Å². The summed E-state index contributed by atoms with van der Waals surface area (Å²) >= 11 is 0. The maximum atomic E-state index is 12.7. The largest absolute Gasteiger partial charge is 0.493 e. The molecule has 0 radical (unpaired) electrons. The number of halogens is 2. The van der Waals surface area contributed by atoms with Gasteiger partial charge in [-0.2, -0.15) is 8.78 Å². The highest BCUT2D eigenvalue weighted by Gasteiger charge is 2.48. The smallest absolute Gasteiger partial charge is 0.387 e. The van der Waals surface area contributed by atoms with Crippen LogP contribution in [-0.2, 0) is 5.41 Å². The molecule has 1 aliphatic carbocycles. The SMILES string of the molecule is COc1ccc([C@@]23CCCCC2N(C)CC3)cc1OC(F)F. The van der Waals surface area contributed by atoms with E-state index < -0.39 is 6.61 Å². The summed E-state index contributed by atoms with van der Waals surface area (Å²) in [4.78, 5) is 2.41. The molecule has 1 aromatic carbocycles. The maximum absolute atomic E-state index is 12.7. The molecule has 22 heavy (non-hydrogen) atoms. The summed E-state index contributed by atoms with van der Waals surface area (Å²) in [6.07, 6.45) is 5.80. The van der Waals surface area contributed by atoms with Crippen LogP contribution < -0.4 is 9.47 Å². The second kappa shape index (κ2) is 6.03. The molecule has 3 nitrogen and oxygen atoms in total. The number of likely N-dealkylation sites (tertiary alicyclic amines) is 1. The summed E-state index contributed by atoms with van der Waals surface area (Å²) in [5.74, 6) is 0.502. The van der Waals surface area contributed by atoms with E-state index in [9.17, 15) is 8.78 Å². The van der Waals surface area contributed by atoms with Crippen molar-refractivity contribution in [3.05, 3.63) is 23.8 Å². The van der Waals surface area contributed by atoms with Crippen LogP contribution in [0.2, 0.25) is 0 Å². The predicted molar refractivity (Wildman–Crippen MR) is 80.8 cm³/mol. The highest BCUT2D eigenvalue weighted by Crippen LogP contribution is 2.49. The number of likely N-dealkylation sites (N-methyl/N-ethyl adjacent to an activating group) is 1. The number of benzene rings is 1. The first kappa shape index (κ1) is 15.5. The number of hydrogen-bond acceptors (Lipinski definition) is 3. The lowest BCUT2D eigenvalue weighted by atomic mass is 9.66. The van der Waals surface area contributed by atoms with Crippen LogP contribution in [0.15, 0.2) is 18.2 Å². The van der Waals surface area contributed by atoms with Crippen LogP contribution in [0.25, 0.3) is 0 Å². The average molecular weight is 311 g/mol. The van der Waals surface area contributed by atoms with E-state index in [0.717, 1.165) is 24.9 Å². The molecule has 1 saturated heterocycles. The van der Waals surface area contributed by atoms with E-state index in [1.807, 2.05) is 6.07 Å². The molecular formula is C17H23F2NO2. The van der Waals surface area contributed by atoms with Gasteiger partial charge in [0.05, 0.1) is 7.11 Å². The highest BCUT2D eigenvalue weighted by molar-refractivity contribution is 5.46. The van der Waals surface area contributed by atoms with Gasteiger partial charge < -0.3 is 14.4 Å². The van der Waals surface area contributed by atoms with Crippen LogP contribution >= 0.6 is 0 Å². The fourth-order valence-electron chi connectivity index (χ4n) is 4.34. The summed E-state index contributed by atoms with van der Waals surface area (Å²) in [6.45, 7) is -1.78. The third-order valence-corrected chi connectivity index (χ3v) is 5.39. The zero-order chi connectivity index (χ0) is 15.7. The Morgan fingerprint density at radius 2 is 2.05 bits per heavy atom.